The molecule has 0 unspecified atom stereocenters. The number of rotatable bonds is 12. The van der Waals surface area contributed by atoms with Gasteiger partial charge in [-0.25, -0.2) is 63.6 Å². The van der Waals surface area contributed by atoms with Crippen molar-refractivity contribution in [1.82, 2.24) is 106 Å². The molecule has 5 aliphatic rings. The first kappa shape index (κ1) is 86.0. The summed E-state index contributed by atoms with van der Waals surface area (Å²) in [5, 5.41) is 37.1. The van der Waals surface area contributed by atoms with Gasteiger partial charge >= 0.3 is 0 Å². The van der Waals surface area contributed by atoms with Gasteiger partial charge in [0.05, 0.1) is 69.5 Å². The zero-order valence-electron chi connectivity index (χ0n) is 72.5. The van der Waals surface area contributed by atoms with Crippen LogP contribution in [0.15, 0.2) is 134 Å². The quantitative estimate of drug-likeness (QED) is 0.0710. The summed E-state index contributed by atoms with van der Waals surface area (Å²) in [6, 6.07) is 30.0. The van der Waals surface area contributed by atoms with Crippen molar-refractivity contribution in [1.29, 1.82) is 0 Å². The topological polar surface area (TPSA) is 301 Å². The second-order valence-electron chi connectivity index (χ2n) is 36.5. The van der Waals surface area contributed by atoms with Gasteiger partial charge < -0.3 is 24.5 Å². The fraction of sp³-hybridized carbons (Fsp3) is 0.419. The Morgan fingerprint density at radius 2 is 0.645 bits per heavy atom. The van der Waals surface area contributed by atoms with Gasteiger partial charge in [0.15, 0.2) is 5.82 Å². The van der Waals surface area contributed by atoms with E-state index in [0.717, 1.165) is 178 Å². The molecule has 31 heteroatoms. The van der Waals surface area contributed by atoms with Crippen molar-refractivity contribution in [2.75, 3.05) is 89.9 Å². The third kappa shape index (κ3) is 19.1. The highest BCUT2D eigenvalue weighted by Gasteiger charge is 2.34. The molecule has 5 aliphatic heterocycles. The molecular formula is C93H107Cl3F2N26. The molecule has 124 heavy (non-hydrogen) atoms. The molecule has 0 saturated carbocycles. The first-order valence-corrected chi connectivity index (χ1v) is 44.2. The van der Waals surface area contributed by atoms with Crippen LogP contribution in [0, 0.1) is 52.6 Å². The lowest BCUT2D eigenvalue weighted by Crippen LogP contribution is -2.38. The lowest BCUT2D eigenvalue weighted by Gasteiger charge is -2.39. The molecule has 5 saturated heterocycles. The molecule has 16 heterocycles. The standard InChI is InChI=1S/C20H25N5.C19H21ClFN5.C19H23N5.C18H19ClFN5.C17H19ClN6/c1-4-20(3)8-10-25(11-9-20)16-13-21-18-17(23-24-19(18)22-16)15-7-5-6-14(2)12-15;1-3-19(2)7-9-26(10-8-19)14-11-22-17-16(24-25-18(17)23-14)12-5-4-6-13(20)15(12)21;1-13-5-4-6-14(11-13)16-17-18(23-22-16)21-15(12-20-17)24-9-7-19(2,3)8-10-24;1-18(2)6-8-25(9-7-18)13-10-21-16-15(23-24-17(16)22-13)11-4-3-5-12(20)14(11)19;1-17(2)5-8-24(9-6-17)12-10-20-14-13(22-23-16(14)21-12)11-4-3-7-19-15(11)18/h5-7,12-13H,4,8-11H2,1-3H3,(H,22,23,24);4-6,11H,3,7-10H2,1-2H3,(H,23,24,25);4-6,11-12H,7-10H2,1-3H3,(H,21,22,23);3-5,10H,6-9H2,1-2H3,(H,22,23,24);3-4,7,10H,5-6,8-9H2,1-2H3,(H,21,22,23). The minimum Gasteiger partial charge on any atom is -0.355 e. The predicted octanol–water partition coefficient (Wildman–Crippen LogP) is 21.3. The number of aromatic amines is 5. The summed E-state index contributed by atoms with van der Waals surface area (Å²) >= 11 is 18.2. The number of aryl methyl sites for hydroxylation is 2. The molecule has 0 aliphatic carbocycles. The van der Waals surface area contributed by atoms with E-state index in [1.807, 2.05) is 30.7 Å². The number of fused-ring (bicyclic) bond motifs is 5. The normalized spacial score (nSPS) is 17.2. The molecule has 4 aromatic carbocycles. The highest BCUT2D eigenvalue weighted by Crippen LogP contribution is 2.42. The molecule has 11 aromatic heterocycles. The Balaban J connectivity index is 0.000000115. The lowest BCUT2D eigenvalue weighted by atomic mass is 9.78. The third-order valence-corrected chi connectivity index (χ3v) is 26.9. The molecule has 0 radical (unpaired) electrons. The summed E-state index contributed by atoms with van der Waals surface area (Å²) in [7, 11) is 0. The van der Waals surface area contributed by atoms with Crippen molar-refractivity contribution < 1.29 is 8.78 Å². The van der Waals surface area contributed by atoms with Gasteiger partial charge in [-0.2, -0.15) is 25.5 Å². The monoisotopic (exact) mass is 1730 g/mol. The van der Waals surface area contributed by atoms with E-state index in [-0.39, 0.29) is 10.0 Å². The Labute approximate surface area is 735 Å². The van der Waals surface area contributed by atoms with Crippen LogP contribution in [0.4, 0.5) is 37.9 Å². The smallest absolute Gasteiger partial charge is 0.202 e. The van der Waals surface area contributed by atoms with Crippen LogP contribution in [-0.4, -0.2) is 171 Å². The van der Waals surface area contributed by atoms with Crippen LogP contribution in [0.25, 0.3) is 112 Å². The molecule has 26 nitrogen and oxygen atoms in total. The van der Waals surface area contributed by atoms with Gasteiger partial charge in [-0.15, -0.1) is 0 Å². The number of nitrogens with one attached hydrogen (secondary N) is 5. The molecule has 5 fully saturated rings. The molecule has 15 aromatic rings. The molecule has 0 bridgehead atoms. The highest BCUT2D eigenvalue weighted by atomic mass is 35.5. The van der Waals surface area contributed by atoms with E-state index in [4.69, 9.17) is 44.8 Å². The maximum absolute atomic E-state index is 14.3. The summed E-state index contributed by atoms with van der Waals surface area (Å²) in [5.41, 5.74) is 18.6. The number of aromatic nitrogens is 21. The first-order chi connectivity index (χ1) is 59.6. The first-order valence-electron chi connectivity index (χ1n) is 43.0. The van der Waals surface area contributed by atoms with E-state index in [9.17, 15) is 8.78 Å². The Morgan fingerprint density at radius 1 is 0.347 bits per heavy atom. The Kier molecular flexibility index (Phi) is 25.0. The minimum atomic E-state index is -0.486. The van der Waals surface area contributed by atoms with Gasteiger partial charge in [0, 0.05) is 99.5 Å². The van der Waals surface area contributed by atoms with Crippen LogP contribution in [-0.2, 0) is 0 Å². The van der Waals surface area contributed by atoms with Crippen molar-refractivity contribution in [2.24, 2.45) is 27.1 Å². The van der Waals surface area contributed by atoms with Crippen molar-refractivity contribution in [2.45, 2.75) is 160 Å². The maximum atomic E-state index is 14.3. The number of nitrogens with zero attached hydrogens (tertiary/aromatic N) is 21. The third-order valence-electron chi connectivity index (χ3n) is 26.0. The van der Waals surface area contributed by atoms with Crippen LogP contribution in [0.3, 0.4) is 0 Å². The molecule has 5 N–H and O–H groups in total. The van der Waals surface area contributed by atoms with Crippen molar-refractivity contribution in [3.8, 4) is 56.3 Å². The summed E-state index contributed by atoms with van der Waals surface area (Å²) in [5.74, 6) is 3.44. The van der Waals surface area contributed by atoms with Crippen LogP contribution < -0.4 is 24.5 Å². The van der Waals surface area contributed by atoms with E-state index < -0.39 is 11.6 Å². The maximum Gasteiger partial charge on any atom is 0.202 e. The molecule has 0 atom stereocenters. The second kappa shape index (κ2) is 36.0. The van der Waals surface area contributed by atoms with E-state index in [0.29, 0.717) is 99.5 Å². The number of H-pyrrole nitrogens is 5. The zero-order valence-corrected chi connectivity index (χ0v) is 74.8. The Bertz CT molecular complexity index is 6270. The van der Waals surface area contributed by atoms with Crippen molar-refractivity contribution in [3.05, 3.63) is 172 Å². The summed E-state index contributed by atoms with van der Waals surface area (Å²) in [6.45, 7) is 37.3. The van der Waals surface area contributed by atoms with Crippen LogP contribution in [0.1, 0.15) is 157 Å². The largest absolute Gasteiger partial charge is 0.355 e. The van der Waals surface area contributed by atoms with E-state index >= 15 is 0 Å². The van der Waals surface area contributed by atoms with Crippen molar-refractivity contribution >= 4 is 120 Å². The number of halogens is 5. The average Bonchev–Trinajstić information content (AvgIpc) is 1.58. The minimum absolute atomic E-state index is 0.0530. The van der Waals surface area contributed by atoms with Crippen LogP contribution >= 0.6 is 34.8 Å². The molecular weight excluding hydrogens is 1630 g/mol. The van der Waals surface area contributed by atoms with Crippen LogP contribution in [0.5, 0.6) is 0 Å². The highest BCUT2D eigenvalue weighted by molar-refractivity contribution is 6.34. The van der Waals surface area contributed by atoms with E-state index in [1.165, 1.54) is 61.8 Å². The summed E-state index contributed by atoms with van der Waals surface area (Å²) < 4.78 is 28.1. The number of pyridine rings is 1. The molecule has 644 valence electrons. The predicted molar refractivity (Wildman–Crippen MR) is 493 cm³/mol. The number of hydrogen-bond donors (Lipinski definition) is 5. The van der Waals surface area contributed by atoms with E-state index in [1.54, 1.807) is 42.9 Å². The molecule has 20 rings (SSSR count). The Hall–Kier alpha value is -11.5. The zero-order chi connectivity index (χ0) is 86.8. The van der Waals surface area contributed by atoms with Gasteiger partial charge in [-0.1, -0.05) is 183 Å². The summed E-state index contributed by atoms with van der Waals surface area (Å²) in [6.07, 6.45) is 24.8. The van der Waals surface area contributed by atoms with Gasteiger partial charge in [-0.3, -0.25) is 25.5 Å². The lowest BCUT2D eigenvalue weighted by molar-refractivity contribution is 0.237. The fourth-order valence-electron chi connectivity index (χ4n) is 16.5. The van der Waals surface area contributed by atoms with E-state index in [2.05, 4.69) is 252 Å². The second-order valence-corrected chi connectivity index (χ2v) is 37.7. The summed E-state index contributed by atoms with van der Waals surface area (Å²) in [4.78, 5) is 61.9. The van der Waals surface area contributed by atoms with Crippen molar-refractivity contribution in [3.63, 3.8) is 0 Å². The Morgan fingerprint density at radius 3 is 0.992 bits per heavy atom. The number of benzene rings is 4. The van der Waals surface area contributed by atoms with Gasteiger partial charge in [0.25, 0.3) is 0 Å². The number of piperidine rings is 5. The molecule has 0 amide bonds. The molecule has 0 spiro atoms. The van der Waals surface area contributed by atoms with Gasteiger partial charge in [0.2, 0.25) is 28.2 Å². The number of hydrogen-bond acceptors (Lipinski definition) is 21. The van der Waals surface area contributed by atoms with Gasteiger partial charge in [0.1, 0.15) is 67.6 Å². The average molecular weight is 1730 g/mol. The van der Waals surface area contributed by atoms with Crippen LogP contribution in [0.2, 0.25) is 15.2 Å². The number of anilines is 5. The fourth-order valence-corrected chi connectivity index (χ4v) is 17.1. The SMILES string of the molecule is CC1(C)CCN(c2cnc3c(-c4cccc(F)c4Cl)[nH]nc3n2)CC1.CC1(C)CCN(c2cnc3c(-c4cccnc4Cl)[nH]nc3n2)CC1.CCC1(C)CCN(c2cnc3c(-c4cccc(C)c4)[nH]nc3n2)CC1.CCC1(C)CCN(c2cnc3c(-c4cccc(Cl)c4F)[nH]nc3n2)CC1.Cc1cccc(-c2[nH]nc3nc(N4CCC(C)(C)CC4)cnc23)c1. The van der Waals surface area contributed by atoms with Gasteiger partial charge in [-0.05, 0) is 148 Å².